The van der Waals surface area contributed by atoms with Crippen LogP contribution in [0.2, 0.25) is 0 Å². The molecule has 9 heteroatoms. The van der Waals surface area contributed by atoms with Gasteiger partial charge in [0.1, 0.15) is 34.9 Å². The van der Waals surface area contributed by atoms with Crippen LogP contribution in [0.4, 0.5) is 10.2 Å². The third-order valence-electron chi connectivity index (χ3n) is 6.34. The van der Waals surface area contributed by atoms with E-state index in [9.17, 15) is 19.1 Å². The van der Waals surface area contributed by atoms with Crippen molar-refractivity contribution >= 4 is 17.7 Å². The summed E-state index contributed by atoms with van der Waals surface area (Å²) in [7, 11) is 1.60. The number of carbonyl (C=O) groups is 2. The monoisotopic (exact) mass is 531 g/mol. The van der Waals surface area contributed by atoms with Crippen LogP contribution in [0.3, 0.4) is 0 Å². The summed E-state index contributed by atoms with van der Waals surface area (Å²) in [6.45, 7) is 3.89. The van der Waals surface area contributed by atoms with Gasteiger partial charge in [0.25, 0.3) is 5.91 Å². The van der Waals surface area contributed by atoms with E-state index in [-0.39, 0.29) is 6.42 Å². The Balaban J connectivity index is 1.40. The Morgan fingerprint density at radius 3 is 2.56 bits per heavy atom. The third-order valence-corrected chi connectivity index (χ3v) is 6.34. The quantitative estimate of drug-likeness (QED) is 0.238. The molecule has 39 heavy (non-hydrogen) atoms. The number of amides is 1. The molecule has 1 unspecified atom stereocenters. The lowest BCUT2D eigenvalue weighted by molar-refractivity contribution is -0.139. The lowest BCUT2D eigenvalue weighted by Gasteiger charge is -2.17. The zero-order valence-corrected chi connectivity index (χ0v) is 22.0. The number of nitrogens with zero attached hydrogens (tertiary/aromatic N) is 1. The van der Waals surface area contributed by atoms with Gasteiger partial charge in [-0.1, -0.05) is 31.2 Å². The predicted octanol–water partition coefficient (Wildman–Crippen LogP) is 5.40. The van der Waals surface area contributed by atoms with Gasteiger partial charge in [0.05, 0.1) is 13.7 Å². The van der Waals surface area contributed by atoms with Gasteiger partial charge in [0.2, 0.25) is 0 Å². The minimum Gasteiger partial charge on any atom is -0.497 e. The van der Waals surface area contributed by atoms with Gasteiger partial charge < -0.3 is 24.9 Å². The molecule has 1 amide bonds. The van der Waals surface area contributed by atoms with Crippen LogP contribution in [0.5, 0.6) is 5.75 Å². The lowest BCUT2D eigenvalue weighted by atomic mass is 9.98. The maximum absolute atomic E-state index is 13.8. The average Bonchev–Trinajstić information content (AvgIpc) is 3.40. The molecule has 0 aliphatic carbocycles. The molecule has 0 saturated carbocycles. The second-order valence-electron chi connectivity index (χ2n) is 9.08. The number of hydrogen-bond donors (Lipinski definition) is 3. The summed E-state index contributed by atoms with van der Waals surface area (Å²) in [6, 6.07) is 16.0. The minimum atomic E-state index is -1.15. The maximum atomic E-state index is 13.8. The number of ether oxygens (including phenoxy) is 1. The molecule has 0 saturated heterocycles. The van der Waals surface area contributed by atoms with Gasteiger partial charge >= 0.3 is 5.97 Å². The molecule has 1 atom stereocenters. The largest absolute Gasteiger partial charge is 0.497 e. The first kappa shape index (κ1) is 27.4. The lowest BCUT2D eigenvalue weighted by Crippen LogP contribution is -2.42. The smallest absolute Gasteiger partial charge is 0.326 e. The van der Waals surface area contributed by atoms with E-state index in [0.29, 0.717) is 47.0 Å². The van der Waals surface area contributed by atoms with Crippen molar-refractivity contribution in [3.63, 3.8) is 0 Å². The number of pyridine rings is 1. The highest BCUT2D eigenvalue weighted by molar-refractivity contribution is 5.99. The second-order valence-corrected chi connectivity index (χ2v) is 9.08. The summed E-state index contributed by atoms with van der Waals surface area (Å²) in [4.78, 5) is 29.2. The van der Waals surface area contributed by atoms with Crippen LogP contribution in [0.25, 0.3) is 11.3 Å². The summed E-state index contributed by atoms with van der Waals surface area (Å²) < 4.78 is 24.9. The number of aryl methyl sites for hydroxylation is 2. The third kappa shape index (κ3) is 6.81. The Morgan fingerprint density at radius 1 is 1.10 bits per heavy atom. The molecule has 2 aromatic heterocycles. The number of nitrogens with one attached hydrogen (secondary N) is 2. The van der Waals surface area contributed by atoms with E-state index >= 15 is 0 Å². The molecular formula is C30H30FN3O5. The van der Waals surface area contributed by atoms with E-state index in [1.807, 2.05) is 31.2 Å². The minimum absolute atomic E-state index is 0.0872. The number of aliphatic carboxylic acids is 1. The van der Waals surface area contributed by atoms with Crippen LogP contribution < -0.4 is 15.4 Å². The van der Waals surface area contributed by atoms with Crippen molar-refractivity contribution in [3.05, 3.63) is 101 Å². The topological polar surface area (TPSA) is 114 Å². The van der Waals surface area contributed by atoms with E-state index in [2.05, 4.69) is 15.6 Å². The van der Waals surface area contributed by atoms with Crippen molar-refractivity contribution in [2.24, 2.45) is 0 Å². The second kappa shape index (κ2) is 12.3. The average molecular weight is 532 g/mol. The van der Waals surface area contributed by atoms with Gasteiger partial charge in [0.15, 0.2) is 0 Å². The van der Waals surface area contributed by atoms with Crippen molar-refractivity contribution in [3.8, 4) is 17.1 Å². The molecule has 0 radical (unpaired) electrons. The number of halogens is 1. The highest BCUT2D eigenvalue weighted by atomic mass is 19.1. The fraction of sp³-hybridized carbons (Fsp3) is 0.233. The van der Waals surface area contributed by atoms with Gasteiger partial charge in [-0.2, -0.15) is 0 Å². The molecule has 202 valence electrons. The highest BCUT2D eigenvalue weighted by Crippen LogP contribution is 2.24. The fourth-order valence-electron chi connectivity index (χ4n) is 4.33. The molecule has 2 aromatic carbocycles. The summed E-state index contributed by atoms with van der Waals surface area (Å²) in [5.74, 6) is 0.637. The van der Waals surface area contributed by atoms with Gasteiger partial charge in [-0.05, 0) is 60.4 Å². The SMILES string of the molecule is CCc1cc(F)cc(C)c1C(=O)NC(Cc1ccc(-c2ccc(CNc3cc(OC)ccn3)o2)cc1)C(=O)O. The fourth-order valence-corrected chi connectivity index (χ4v) is 4.33. The summed E-state index contributed by atoms with van der Waals surface area (Å²) in [6.07, 6.45) is 2.19. The van der Waals surface area contributed by atoms with Gasteiger partial charge in [-0.3, -0.25) is 4.79 Å². The normalized spacial score (nSPS) is 11.6. The van der Waals surface area contributed by atoms with Crippen molar-refractivity contribution in [2.45, 2.75) is 39.3 Å². The van der Waals surface area contributed by atoms with E-state index in [1.54, 1.807) is 44.5 Å². The number of aromatic nitrogens is 1. The number of carbonyl (C=O) groups excluding carboxylic acids is 1. The van der Waals surface area contributed by atoms with Crippen molar-refractivity contribution < 1.29 is 28.2 Å². The van der Waals surface area contributed by atoms with Crippen LogP contribution in [-0.4, -0.2) is 35.1 Å². The Hall–Kier alpha value is -4.66. The number of carboxylic acids is 1. The van der Waals surface area contributed by atoms with Crippen LogP contribution in [0, 0.1) is 12.7 Å². The molecule has 8 nitrogen and oxygen atoms in total. The maximum Gasteiger partial charge on any atom is 0.326 e. The van der Waals surface area contributed by atoms with Crippen LogP contribution in [0.15, 0.2) is 71.3 Å². The van der Waals surface area contributed by atoms with Crippen LogP contribution >= 0.6 is 0 Å². The summed E-state index contributed by atoms with van der Waals surface area (Å²) >= 11 is 0. The molecule has 3 N–H and O–H groups in total. The van der Waals surface area contributed by atoms with E-state index in [0.717, 1.165) is 16.9 Å². The number of benzene rings is 2. The number of anilines is 1. The molecular weight excluding hydrogens is 501 g/mol. The molecule has 2 heterocycles. The number of hydrogen-bond acceptors (Lipinski definition) is 6. The Bertz CT molecular complexity index is 1470. The predicted molar refractivity (Wildman–Crippen MR) is 145 cm³/mol. The van der Waals surface area contributed by atoms with Crippen molar-refractivity contribution in [1.29, 1.82) is 0 Å². The van der Waals surface area contributed by atoms with Gasteiger partial charge in [0, 0.05) is 29.8 Å². The summed E-state index contributed by atoms with van der Waals surface area (Å²) in [5.41, 5.74) is 2.87. The number of carboxylic acid groups (broad SMARTS) is 1. The van der Waals surface area contributed by atoms with Crippen molar-refractivity contribution in [2.75, 3.05) is 12.4 Å². The first-order valence-corrected chi connectivity index (χ1v) is 12.5. The zero-order valence-electron chi connectivity index (χ0n) is 22.0. The van der Waals surface area contributed by atoms with Crippen molar-refractivity contribution in [1.82, 2.24) is 10.3 Å². The molecule has 0 fully saturated rings. The van der Waals surface area contributed by atoms with Crippen LogP contribution in [0.1, 0.15) is 39.7 Å². The first-order valence-electron chi connectivity index (χ1n) is 12.5. The van der Waals surface area contributed by atoms with Gasteiger partial charge in [-0.25, -0.2) is 14.2 Å². The van der Waals surface area contributed by atoms with Crippen LogP contribution in [-0.2, 0) is 24.2 Å². The molecule has 0 spiro atoms. The zero-order chi connectivity index (χ0) is 27.9. The number of furan rings is 1. The van der Waals surface area contributed by atoms with Gasteiger partial charge in [-0.15, -0.1) is 0 Å². The molecule has 4 rings (SSSR count). The molecule has 0 aliphatic rings. The molecule has 0 aliphatic heterocycles. The van der Waals surface area contributed by atoms with E-state index < -0.39 is 23.7 Å². The van der Waals surface area contributed by atoms with E-state index in [1.165, 1.54) is 12.1 Å². The summed E-state index contributed by atoms with van der Waals surface area (Å²) in [5, 5.41) is 15.6. The number of methoxy groups -OCH3 is 1. The standard InChI is InChI=1S/C30H30FN3O5/c1-4-20-15-22(31)13-18(2)28(20)29(35)34-25(30(36)37)14-19-5-7-21(8-6-19)26-10-9-24(39-26)17-33-27-16-23(38-3)11-12-32-27/h5-13,15-16,25H,4,14,17H2,1-3H3,(H,32,33)(H,34,35)(H,36,37). The Kier molecular flexibility index (Phi) is 8.60. The van der Waals surface area contributed by atoms with E-state index in [4.69, 9.17) is 9.15 Å². The first-order chi connectivity index (χ1) is 18.8. The molecule has 0 bridgehead atoms. The number of rotatable bonds is 11. The Morgan fingerprint density at radius 2 is 1.87 bits per heavy atom. The Labute approximate surface area is 225 Å². The highest BCUT2D eigenvalue weighted by Gasteiger charge is 2.24. The molecule has 4 aromatic rings.